The minimum atomic E-state index is 0.783. The van der Waals surface area contributed by atoms with Crippen LogP contribution in [-0.4, -0.2) is 25.0 Å². The minimum absolute atomic E-state index is 0.783. The number of nitrogens with zero attached hydrogens (tertiary/aromatic N) is 1. The molecule has 2 saturated carbocycles. The van der Waals surface area contributed by atoms with E-state index in [2.05, 4.69) is 48.6 Å². The monoisotopic (exact) mass is 258 g/mol. The fourth-order valence-electron chi connectivity index (χ4n) is 3.96. The molecule has 2 aliphatic carbocycles. The fourth-order valence-corrected chi connectivity index (χ4v) is 3.96. The van der Waals surface area contributed by atoms with Crippen LogP contribution in [0.15, 0.2) is 24.3 Å². The summed E-state index contributed by atoms with van der Waals surface area (Å²) in [6.07, 6.45) is 5.85. The summed E-state index contributed by atoms with van der Waals surface area (Å²) in [5.74, 6) is 1.99. The average Bonchev–Trinajstić information content (AvgIpc) is 2.99. The molecule has 0 radical (unpaired) electrons. The zero-order valence-electron chi connectivity index (χ0n) is 12.2. The van der Waals surface area contributed by atoms with Crippen LogP contribution in [0.1, 0.15) is 36.8 Å². The second-order valence-electron chi connectivity index (χ2n) is 6.67. The van der Waals surface area contributed by atoms with E-state index < -0.39 is 0 Å². The van der Waals surface area contributed by atoms with E-state index in [0.717, 1.165) is 31.0 Å². The van der Waals surface area contributed by atoms with Gasteiger partial charge >= 0.3 is 0 Å². The Balaban J connectivity index is 1.60. The standard InChI is InChI=1S/C17H26N2/c1-19(2)12-16-6-4-3-5-15(16)11-18-17-10-13-7-8-14(17)9-13/h3-6,13-14,17-18H,7-12H2,1-2H3. The van der Waals surface area contributed by atoms with Crippen molar-refractivity contribution in [1.29, 1.82) is 0 Å². The van der Waals surface area contributed by atoms with Gasteiger partial charge in [-0.05, 0) is 56.3 Å². The van der Waals surface area contributed by atoms with Crippen LogP contribution >= 0.6 is 0 Å². The Labute approximate surface area is 117 Å². The van der Waals surface area contributed by atoms with Crippen LogP contribution in [0.5, 0.6) is 0 Å². The third kappa shape index (κ3) is 3.01. The van der Waals surface area contributed by atoms with Crippen LogP contribution < -0.4 is 5.32 Å². The quantitative estimate of drug-likeness (QED) is 0.873. The highest BCUT2D eigenvalue weighted by molar-refractivity contribution is 5.27. The van der Waals surface area contributed by atoms with Crippen LogP contribution in [0.4, 0.5) is 0 Å². The molecule has 2 heteroatoms. The van der Waals surface area contributed by atoms with E-state index in [-0.39, 0.29) is 0 Å². The lowest BCUT2D eigenvalue weighted by molar-refractivity contribution is 0.348. The Morgan fingerprint density at radius 3 is 2.53 bits per heavy atom. The number of hydrogen-bond acceptors (Lipinski definition) is 2. The van der Waals surface area contributed by atoms with Gasteiger partial charge in [0.15, 0.2) is 0 Å². The van der Waals surface area contributed by atoms with Gasteiger partial charge in [-0.3, -0.25) is 0 Å². The average molecular weight is 258 g/mol. The van der Waals surface area contributed by atoms with Gasteiger partial charge in [-0.2, -0.15) is 0 Å². The number of nitrogens with one attached hydrogen (secondary N) is 1. The number of rotatable bonds is 5. The van der Waals surface area contributed by atoms with Crippen LogP contribution in [-0.2, 0) is 13.1 Å². The van der Waals surface area contributed by atoms with Crippen LogP contribution in [0.25, 0.3) is 0 Å². The Bertz CT molecular complexity index is 427. The first kappa shape index (κ1) is 13.1. The second-order valence-corrected chi connectivity index (χ2v) is 6.67. The first-order chi connectivity index (χ1) is 9.22. The van der Waals surface area contributed by atoms with Crippen molar-refractivity contribution in [2.75, 3.05) is 14.1 Å². The third-order valence-corrected chi connectivity index (χ3v) is 4.90. The van der Waals surface area contributed by atoms with Gasteiger partial charge in [0.05, 0.1) is 0 Å². The smallest absolute Gasteiger partial charge is 0.0230 e. The summed E-state index contributed by atoms with van der Waals surface area (Å²) >= 11 is 0. The van der Waals surface area contributed by atoms with Gasteiger partial charge in [0, 0.05) is 19.1 Å². The lowest BCUT2D eigenvalue weighted by atomic mass is 9.95. The number of benzene rings is 1. The second kappa shape index (κ2) is 5.64. The molecule has 104 valence electrons. The van der Waals surface area contributed by atoms with Crippen molar-refractivity contribution in [3.63, 3.8) is 0 Å². The van der Waals surface area contributed by atoms with Gasteiger partial charge in [-0.15, -0.1) is 0 Å². The molecule has 0 amide bonds. The highest BCUT2D eigenvalue weighted by Gasteiger charge is 2.38. The highest BCUT2D eigenvalue weighted by Crippen LogP contribution is 2.44. The molecule has 3 unspecified atom stereocenters. The SMILES string of the molecule is CN(C)Cc1ccccc1CNC1CC2CCC1C2. The number of hydrogen-bond donors (Lipinski definition) is 1. The Kier molecular flexibility index (Phi) is 3.90. The van der Waals surface area contributed by atoms with E-state index in [0.29, 0.717) is 0 Å². The normalized spacial score (nSPS) is 29.3. The van der Waals surface area contributed by atoms with Gasteiger partial charge in [-0.25, -0.2) is 0 Å². The predicted molar refractivity (Wildman–Crippen MR) is 79.9 cm³/mol. The lowest BCUT2D eigenvalue weighted by Gasteiger charge is -2.24. The van der Waals surface area contributed by atoms with E-state index in [4.69, 9.17) is 0 Å². The van der Waals surface area contributed by atoms with E-state index in [1.807, 2.05) is 0 Å². The largest absolute Gasteiger partial charge is 0.310 e. The predicted octanol–water partition coefficient (Wildman–Crippen LogP) is 3.03. The maximum atomic E-state index is 3.82. The molecule has 0 aliphatic heterocycles. The molecule has 1 aromatic rings. The third-order valence-electron chi connectivity index (χ3n) is 4.90. The van der Waals surface area contributed by atoms with Crippen molar-refractivity contribution >= 4 is 0 Å². The van der Waals surface area contributed by atoms with Crippen molar-refractivity contribution in [3.05, 3.63) is 35.4 Å². The summed E-state index contributed by atoms with van der Waals surface area (Å²) < 4.78 is 0. The topological polar surface area (TPSA) is 15.3 Å². The van der Waals surface area contributed by atoms with Gasteiger partial charge in [0.1, 0.15) is 0 Å². The molecule has 2 nitrogen and oxygen atoms in total. The summed E-state index contributed by atoms with van der Waals surface area (Å²) in [7, 11) is 4.28. The molecule has 3 rings (SSSR count). The maximum Gasteiger partial charge on any atom is 0.0230 e. The van der Waals surface area contributed by atoms with E-state index >= 15 is 0 Å². The van der Waals surface area contributed by atoms with E-state index in [9.17, 15) is 0 Å². The zero-order valence-corrected chi connectivity index (χ0v) is 12.2. The molecule has 3 atom stereocenters. The molecule has 0 heterocycles. The Hall–Kier alpha value is -0.860. The Morgan fingerprint density at radius 1 is 1.11 bits per heavy atom. The van der Waals surface area contributed by atoms with Crippen molar-refractivity contribution in [2.24, 2.45) is 11.8 Å². The van der Waals surface area contributed by atoms with E-state index in [1.54, 1.807) is 0 Å². The van der Waals surface area contributed by atoms with Crippen molar-refractivity contribution < 1.29 is 0 Å². The minimum Gasteiger partial charge on any atom is -0.310 e. The maximum absolute atomic E-state index is 3.82. The zero-order chi connectivity index (χ0) is 13.2. The summed E-state index contributed by atoms with van der Waals surface area (Å²) in [6, 6.07) is 9.64. The van der Waals surface area contributed by atoms with Gasteiger partial charge in [0.2, 0.25) is 0 Å². The first-order valence-corrected chi connectivity index (χ1v) is 7.67. The number of fused-ring (bicyclic) bond motifs is 2. The first-order valence-electron chi connectivity index (χ1n) is 7.67. The highest BCUT2D eigenvalue weighted by atomic mass is 15.0. The molecule has 19 heavy (non-hydrogen) atoms. The van der Waals surface area contributed by atoms with Crippen molar-refractivity contribution in [2.45, 2.75) is 44.8 Å². The van der Waals surface area contributed by atoms with Gasteiger partial charge < -0.3 is 10.2 Å². The molecule has 0 saturated heterocycles. The molecular formula is C17H26N2. The molecule has 2 aliphatic rings. The molecule has 2 fully saturated rings. The molecule has 0 spiro atoms. The van der Waals surface area contributed by atoms with Crippen molar-refractivity contribution in [3.8, 4) is 0 Å². The van der Waals surface area contributed by atoms with Crippen LogP contribution in [0, 0.1) is 11.8 Å². The Morgan fingerprint density at radius 2 is 1.89 bits per heavy atom. The summed E-state index contributed by atoms with van der Waals surface area (Å²) in [4.78, 5) is 2.25. The van der Waals surface area contributed by atoms with Gasteiger partial charge in [-0.1, -0.05) is 30.7 Å². The van der Waals surface area contributed by atoms with E-state index in [1.165, 1.54) is 36.8 Å². The molecule has 2 bridgehead atoms. The lowest BCUT2D eigenvalue weighted by Crippen LogP contribution is -2.33. The fraction of sp³-hybridized carbons (Fsp3) is 0.647. The van der Waals surface area contributed by atoms with Gasteiger partial charge in [0.25, 0.3) is 0 Å². The molecular weight excluding hydrogens is 232 g/mol. The summed E-state index contributed by atoms with van der Waals surface area (Å²) in [5, 5.41) is 3.82. The summed E-state index contributed by atoms with van der Waals surface area (Å²) in [5.41, 5.74) is 2.93. The van der Waals surface area contributed by atoms with Crippen LogP contribution in [0.3, 0.4) is 0 Å². The molecule has 0 aromatic heterocycles. The van der Waals surface area contributed by atoms with Crippen LogP contribution in [0.2, 0.25) is 0 Å². The molecule has 1 aromatic carbocycles. The summed E-state index contributed by atoms with van der Waals surface area (Å²) in [6.45, 7) is 2.08. The molecule has 1 N–H and O–H groups in total. The van der Waals surface area contributed by atoms with Crippen molar-refractivity contribution in [1.82, 2.24) is 10.2 Å².